The minimum atomic E-state index is -0.372. The van der Waals surface area contributed by atoms with Crippen LogP contribution in [0.25, 0.3) is 0 Å². The number of carbonyl (C=O) groups excluding carboxylic acids is 1. The first-order valence-corrected chi connectivity index (χ1v) is 4.96. The van der Waals surface area contributed by atoms with Crippen LogP contribution in [0.15, 0.2) is 0 Å². The standard InChI is InChI=1S/C11H22O2/c1-7-11(6,10(3,4)5)9(12)13-8-2/h7-8H2,1-6H3. The molecule has 0 aliphatic heterocycles. The molecule has 0 heterocycles. The first-order chi connectivity index (χ1) is 5.79. The molecule has 2 nitrogen and oxygen atoms in total. The van der Waals surface area contributed by atoms with E-state index >= 15 is 0 Å². The van der Waals surface area contributed by atoms with Gasteiger partial charge in [-0.15, -0.1) is 0 Å². The van der Waals surface area contributed by atoms with E-state index in [-0.39, 0.29) is 16.8 Å². The highest BCUT2D eigenvalue weighted by Crippen LogP contribution is 2.42. The zero-order valence-electron chi connectivity index (χ0n) is 9.73. The van der Waals surface area contributed by atoms with E-state index in [1.165, 1.54) is 0 Å². The molecule has 1 unspecified atom stereocenters. The summed E-state index contributed by atoms with van der Waals surface area (Å²) < 4.78 is 5.09. The highest BCUT2D eigenvalue weighted by atomic mass is 16.5. The quantitative estimate of drug-likeness (QED) is 0.633. The number of hydrogen-bond acceptors (Lipinski definition) is 2. The Morgan fingerprint density at radius 2 is 1.62 bits per heavy atom. The lowest BCUT2D eigenvalue weighted by atomic mass is 9.66. The van der Waals surface area contributed by atoms with Gasteiger partial charge in [-0.05, 0) is 25.7 Å². The van der Waals surface area contributed by atoms with Crippen LogP contribution in [-0.4, -0.2) is 12.6 Å². The third kappa shape index (κ3) is 2.45. The summed E-state index contributed by atoms with van der Waals surface area (Å²) >= 11 is 0. The van der Waals surface area contributed by atoms with E-state index in [1.807, 2.05) is 20.8 Å². The predicted octanol–water partition coefficient (Wildman–Crippen LogP) is 3.01. The molecule has 2 heteroatoms. The molecule has 0 bridgehead atoms. The van der Waals surface area contributed by atoms with Crippen LogP contribution in [0.1, 0.15) is 48.0 Å². The molecule has 78 valence electrons. The Kier molecular flexibility index (Phi) is 3.95. The van der Waals surface area contributed by atoms with E-state index in [9.17, 15) is 4.79 Å². The van der Waals surface area contributed by atoms with Crippen LogP contribution < -0.4 is 0 Å². The van der Waals surface area contributed by atoms with E-state index in [2.05, 4.69) is 20.8 Å². The molecule has 13 heavy (non-hydrogen) atoms. The average molecular weight is 186 g/mol. The van der Waals surface area contributed by atoms with Gasteiger partial charge < -0.3 is 4.74 Å². The van der Waals surface area contributed by atoms with Gasteiger partial charge in [-0.3, -0.25) is 4.79 Å². The van der Waals surface area contributed by atoms with Crippen molar-refractivity contribution < 1.29 is 9.53 Å². The lowest BCUT2D eigenvalue weighted by Gasteiger charge is -2.38. The van der Waals surface area contributed by atoms with Gasteiger partial charge >= 0.3 is 5.97 Å². The summed E-state index contributed by atoms with van der Waals surface area (Å²) in [6, 6.07) is 0. The topological polar surface area (TPSA) is 26.3 Å². The minimum absolute atomic E-state index is 0.0476. The molecule has 0 rings (SSSR count). The summed E-state index contributed by atoms with van der Waals surface area (Å²) in [6.45, 7) is 12.5. The second-order valence-electron chi connectivity index (χ2n) is 4.66. The monoisotopic (exact) mass is 186 g/mol. The molecule has 0 aromatic rings. The zero-order valence-corrected chi connectivity index (χ0v) is 9.73. The first-order valence-electron chi connectivity index (χ1n) is 4.96. The van der Waals surface area contributed by atoms with Gasteiger partial charge in [0, 0.05) is 0 Å². The van der Waals surface area contributed by atoms with Crippen molar-refractivity contribution in [2.45, 2.75) is 48.0 Å². The lowest BCUT2D eigenvalue weighted by molar-refractivity contribution is -0.161. The van der Waals surface area contributed by atoms with Crippen molar-refractivity contribution in [3.8, 4) is 0 Å². The fourth-order valence-corrected chi connectivity index (χ4v) is 1.27. The molecule has 0 amide bonds. The molecule has 0 aromatic carbocycles. The second-order valence-corrected chi connectivity index (χ2v) is 4.66. The van der Waals surface area contributed by atoms with Gasteiger partial charge in [0.1, 0.15) is 0 Å². The summed E-state index contributed by atoms with van der Waals surface area (Å²) in [5, 5.41) is 0. The maximum absolute atomic E-state index is 11.7. The highest BCUT2D eigenvalue weighted by Gasteiger charge is 2.43. The predicted molar refractivity (Wildman–Crippen MR) is 54.5 cm³/mol. The SMILES string of the molecule is CCOC(=O)C(C)(CC)C(C)(C)C. The van der Waals surface area contributed by atoms with Crippen LogP contribution in [0.3, 0.4) is 0 Å². The smallest absolute Gasteiger partial charge is 0.312 e. The Bertz CT molecular complexity index is 179. The normalized spacial score (nSPS) is 16.5. The first kappa shape index (κ1) is 12.5. The van der Waals surface area contributed by atoms with Crippen molar-refractivity contribution in [3.63, 3.8) is 0 Å². The summed E-state index contributed by atoms with van der Waals surface area (Å²) in [4.78, 5) is 11.7. The molecule has 0 saturated carbocycles. The van der Waals surface area contributed by atoms with Crippen LogP contribution in [-0.2, 0) is 9.53 Å². The number of carbonyl (C=O) groups is 1. The lowest BCUT2D eigenvalue weighted by Crippen LogP contribution is -2.41. The van der Waals surface area contributed by atoms with Gasteiger partial charge in [0.15, 0.2) is 0 Å². The van der Waals surface area contributed by atoms with Gasteiger partial charge in [0.2, 0.25) is 0 Å². The molecule has 1 atom stereocenters. The van der Waals surface area contributed by atoms with Crippen molar-refractivity contribution in [2.75, 3.05) is 6.61 Å². The summed E-state index contributed by atoms with van der Waals surface area (Å²) in [6.07, 6.45) is 0.815. The Balaban J connectivity index is 4.73. The van der Waals surface area contributed by atoms with E-state index in [4.69, 9.17) is 4.74 Å². The Morgan fingerprint density at radius 3 is 1.85 bits per heavy atom. The Hall–Kier alpha value is -0.530. The van der Waals surface area contributed by atoms with Gasteiger partial charge in [0.25, 0.3) is 0 Å². The Labute approximate surface area is 81.7 Å². The van der Waals surface area contributed by atoms with Crippen molar-refractivity contribution in [3.05, 3.63) is 0 Å². The van der Waals surface area contributed by atoms with Crippen molar-refractivity contribution in [1.29, 1.82) is 0 Å². The fraction of sp³-hybridized carbons (Fsp3) is 0.909. The highest BCUT2D eigenvalue weighted by molar-refractivity contribution is 5.77. The van der Waals surface area contributed by atoms with Crippen LogP contribution in [0.5, 0.6) is 0 Å². The molecule has 0 fully saturated rings. The molecular weight excluding hydrogens is 164 g/mol. The maximum atomic E-state index is 11.7. The number of hydrogen-bond donors (Lipinski definition) is 0. The van der Waals surface area contributed by atoms with Crippen LogP contribution in [0, 0.1) is 10.8 Å². The maximum Gasteiger partial charge on any atom is 0.312 e. The summed E-state index contributed by atoms with van der Waals surface area (Å²) in [5.41, 5.74) is -0.420. The van der Waals surface area contributed by atoms with Crippen molar-refractivity contribution in [1.82, 2.24) is 0 Å². The van der Waals surface area contributed by atoms with Gasteiger partial charge in [-0.25, -0.2) is 0 Å². The molecular formula is C11H22O2. The molecule has 0 radical (unpaired) electrons. The fourth-order valence-electron chi connectivity index (χ4n) is 1.27. The zero-order chi connectivity index (χ0) is 10.7. The van der Waals surface area contributed by atoms with E-state index in [0.29, 0.717) is 6.61 Å². The average Bonchev–Trinajstić information content (AvgIpc) is 2.01. The van der Waals surface area contributed by atoms with Crippen molar-refractivity contribution >= 4 is 5.97 Å². The van der Waals surface area contributed by atoms with E-state index in [0.717, 1.165) is 6.42 Å². The van der Waals surface area contributed by atoms with Gasteiger partial charge in [0.05, 0.1) is 12.0 Å². The van der Waals surface area contributed by atoms with Crippen LogP contribution >= 0.6 is 0 Å². The van der Waals surface area contributed by atoms with Crippen LogP contribution in [0.4, 0.5) is 0 Å². The molecule has 0 aliphatic rings. The van der Waals surface area contributed by atoms with Gasteiger partial charge in [-0.1, -0.05) is 27.7 Å². The third-order valence-electron chi connectivity index (χ3n) is 3.09. The molecule has 0 aromatic heterocycles. The molecule has 0 saturated heterocycles. The number of ether oxygens (including phenoxy) is 1. The minimum Gasteiger partial charge on any atom is -0.466 e. The summed E-state index contributed by atoms with van der Waals surface area (Å²) in [7, 11) is 0. The van der Waals surface area contributed by atoms with E-state index < -0.39 is 0 Å². The largest absolute Gasteiger partial charge is 0.466 e. The van der Waals surface area contributed by atoms with Gasteiger partial charge in [-0.2, -0.15) is 0 Å². The molecule has 0 spiro atoms. The van der Waals surface area contributed by atoms with Crippen LogP contribution in [0.2, 0.25) is 0 Å². The second kappa shape index (κ2) is 4.12. The summed E-state index contributed by atoms with van der Waals surface area (Å²) in [5.74, 6) is -0.0787. The van der Waals surface area contributed by atoms with Crippen molar-refractivity contribution in [2.24, 2.45) is 10.8 Å². The molecule has 0 aliphatic carbocycles. The third-order valence-corrected chi connectivity index (χ3v) is 3.09. The Morgan fingerprint density at radius 1 is 1.15 bits per heavy atom. The van der Waals surface area contributed by atoms with E-state index in [1.54, 1.807) is 0 Å². The molecule has 0 N–H and O–H groups in total. The number of rotatable bonds is 3. The number of esters is 1.